The van der Waals surface area contributed by atoms with Crippen LogP contribution in [0.1, 0.15) is 30.9 Å². The molecule has 0 amide bonds. The van der Waals surface area contributed by atoms with Crippen molar-refractivity contribution in [2.75, 3.05) is 13.2 Å². The van der Waals surface area contributed by atoms with Gasteiger partial charge in [-0.2, -0.15) is 0 Å². The molecule has 0 heterocycles. The Morgan fingerprint density at radius 2 is 1.88 bits per heavy atom. The SMILES string of the molecule is O=C(O)C(NCCCCCO)c1ccccc1. The number of unbranched alkanes of at least 4 members (excludes halogenated alkanes) is 2. The van der Waals surface area contributed by atoms with Crippen LogP contribution >= 0.6 is 0 Å². The highest BCUT2D eigenvalue weighted by molar-refractivity contribution is 5.75. The molecule has 0 saturated heterocycles. The molecule has 3 N–H and O–H groups in total. The molecule has 0 saturated carbocycles. The van der Waals surface area contributed by atoms with Crippen LogP contribution in [-0.2, 0) is 4.79 Å². The molecule has 1 unspecified atom stereocenters. The van der Waals surface area contributed by atoms with Gasteiger partial charge >= 0.3 is 5.97 Å². The fourth-order valence-electron chi connectivity index (χ4n) is 1.65. The summed E-state index contributed by atoms with van der Waals surface area (Å²) >= 11 is 0. The lowest BCUT2D eigenvalue weighted by Gasteiger charge is -2.14. The van der Waals surface area contributed by atoms with Gasteiger partial charge in [-0.3, -0.25) is 4.79 Å². The monoisotopic (exact) mass is 237 g/mol. The van der Waals surface area contributed by atoms with Gasteiger partial charge in [-0.1, -0.05) is 30.3 Å². The maximum Gasteiger partial charge on any atom is 0.325 e. The molecule has 1 aromatic rings. The molecule has 0 aromatic heterocycles. The van der Waals surface area contributed by atoms with Gasteiger partial charge in [0, 0.05) is 6.61 Å². The molecule has 1 rings (SSSR count). The van der Waals surface area contributed by atoms with E-state index in [-0.39, 0.29) is 6.61 Å². The van der Waals surface area contributed by atoms with Crippen LogP contribution in [0.15, 0.2) is 30.3 Å². The third-order valence-electron chi connectivity index (χ3n) is 2.56. The largest absolute Gasteiger partial charge is 0.480 e. The highest BCUT2D eigenvalue weighted by Gasteiger charge is 2.17. The van der Waals surface area contributed by atoms with E-state index in [0.29, 0.717) is 6.54 Å². The summed E-state index contributed by atoms with van der Waals surface area (Å²) in [6.45, 7) is 0.840. The summed E-state index contributed by atoms with van der Waals surface area (Å²) in [5.41, 5.74) is 0.766. The molecule has 0 bridgehead atoms. The molecule has 17 heavy (non-hydrogen) atoms. The number of carboxylic acid groups (broad SMARTS) is 1. The molecule has 0 spiro atoms. The van der Waals surface area contributed by atoms with Gasteiger partial charge in [0.15, 0.2) is 0 Å². The topological polar surface area (TPSA) is 69.6 Å². The highest BCUT2D eigenvalue weighted by Crippen LogP contribution is 2.12. The van der Waals surface area contributed by atoms with E-state index < -0.39 is 12.0 Å². The van der Waals surface area contributed by atoms with Crippen molar-refractivity contribution < 1.29 is 15.0 Å². The molecule has 0 aliphatic carbocycles. The molecule has 1 atom stereocenters. The zero-order valence-corrected chi connectivity index (χ0v) is 9.80. The van der Waals surface area contributed by atoms with Crippen molar-refractivity contribution in [1.82, 2.24) is 5.32 Å². The summed E-state index contributed by atoms with van der Waals surface area (Å²) < 4.78 is 0. The number of nitrogens with one attached hydrogen (secondary N) is 1. The van der Waals surface area contributed by atoms with Crippen molar-refractivity contribution in [2.24, 2.45) is 0 Å². The predicted molar refractivity (Wildman–Crippen MR) is 65.8 cm³/mol. The lowest BCUT2D eigenvalue weighted by molar-refractivity contribution is -0.139. The third-order valence-corrected chi connectivity index (χ3v) is 2.56. The Bertz CT molecular complexity index is 327. The lowest BCUT2D eigenvalue weighted by Crippen LogP contribution is -2.29. The zero-order chi connectivity index (χ0) is 12.5. The standard InChI is InChI=1S/C13H19NO3/c15-10-6-2-5-9-14-12(13(16)17)11-7-3-1-4-8-11/h1,3-4,7-8,12,14-15H,2,5-6,9-10H2,(H,16,17). The first-order chi connectivity index (χ1) is 8.25. The molecular formula is C13H19NO3. The molecule has 4 heteroatoms. The normalized spacial score (nSPS) is 12.3. The minimum Gasteiger partial charge on any atom is -0.480 e. The van der Waals surface area contributed by atoms with Crippen LogP contribution in [0.2, 0.25) is 0 Å². The smallest absolute Gasteiger partial charge is 0.325 e. The number of carboxylic acids is 1. The van der Waals surface area contributed by atoms with Crippen molar-refractivity contribution >= 4 is 5.97 Å². The second-order valence-electron chi connectivity index (χ2n) is 3.92. The average Bonchev–Trinajstić information content (AvgIpc) is 2.34. The quantitative estimate of drug-likeness (QED) is 0.600. The number of carbonyl (C=O) groups is 1. The first-order valence-corrected chi connectivity index (χ1v) is 5.87. The second kappa shape index (κ2) is 7.81. The minimum atomic E-state index is -0.863. The summed E-state index contributed by atoms with van der Waals surface area (Å²) in [6, 6.07) is 8.49. The maximum atomic E-state index is 11.1. The summed E-state index contributed by atoms with van der Waals surface area (Å²) in [5, 5.41) is 20.8. The van der Waals surface area contributed by atoms with Crippen LogP contribution in [0, 0.1) is 0 Å². The number of aliphatic hydroxyl groups excluding tert-OH is 1. The molecule has 0 aliphatic rings. The Morgan fingerprint density at radius 1 is 1.18 bits per heavy atom. The summed E-state index contributed by atoms with van der Waals surface area (Å²) in [6.07, 6.45) is 2.55. The fourth-order valence-corrected chi connectivity index (χ4v) is 1.65. The van der Waals surface area contributed by atoms with Crippen molar-refractivity contribution in [3.63, 3.8) is 0 Å². The van der Waals surface area contributed by atoms with Crippen LogP contribution in [0.3, 0.4) is 0 Å². The summed E-state index contributed by atoms with van der Waals surface area (Å²) in [7, 11) is 0. The highest BCUT2D eigenvalue weighted by atomic mass is 16.4. The fraction of sp³-hybridized carbons (Fsp3) is 0.462. The van der Waals surface area contributed by atoms with E-state index in [2.05, 4.69) is 5.32 Å². The van der Waals surface area contributed by atoms with Gasteiger partial charge in [-0.25, -0.2) is 0 Å². The number of rotatable bonds is 8. The van der Waals surface area contributed by atoms with Gasteiger partial charge in [0.25, 0.3) is 0 Å². The van der Waals surface area contributed by atoms with E-state index in [9.17, 15) is 4.79 Å². The van der Waals surface area contributed by atoms with Crippen LogP contribution in [0.4, 0.5) is 0 Å². The Kier molecular flexibility index (Phi) is 6.29. The lowest BCUT2D eigenvalue weighted by atomic mass is 10.1. The Morgan fingerprint density at radius 3 is 2.47 bits per heavy atom. The summed E-state index contributed by atoms with van der Waals surface area (Å²) in [5.74, 6) is -0.863. The van der Waals surface area contributed by atoms with Gasteiger partial charge in [-0.15, -0.1) is 0 Å². The van der Waals surface area contributed by atoms with Gasteiger partial charge in [0.05, 0.1) is 0 Å². The molecule has 0 fully saturated rings. The van der Waals surface area contributed by atoms with Crippen LogP contribution in [0.5, 0.6) is 0 Å². The average molecular weight is 237 g/mol. The van der Waals surface area contributed by atoms with Crippen molar-refractivity contribution in [3.8, 4) is 0 Å². The van der Waals surface area contributed by atoms with Gasteiger partial charge < -0.3 is 15.5 Å². The second-order valence-corrected chi connectivity index (χ2v) is 3.92. The first kappa shape index (κ1) is 13.7. The zero-order valence-electron chi connectivity index (χ0n) is 9.80. The van der Waals surface area contributed by atoms with Gasteiger partial charge in [0.2, 0.25) is 0 Å². The number of hydrogen-bond donors (Lipinski definition) is 3. The van der Waals surface area contributed by atoms with E-state index in [4.69, 9.17) is 10.2 Å². The number of aliphatic hydroxyl groups is 1. The molecule has 1 aromatic carbocycles. The van der Waals surface area contributed by atoms with Crippen molar-refractivity contribution in [2.45, 2.75) is 25.3 Å². The number of aliphatic carboxylic acids is 1. The predicted octanol–water partition coefficient (Wildman–Crippen LogP) is 1.56. The van der Waals surface area contributed by atoms with E-state index in [1.165, 1.54) is 0 Å². The maximum absolute atomic E-state index is 11.1. The molecule has 94 valence electrons. The van der Waals surface area contributed by atoms with Gasteiger partial charge in [-0.05, 0) is 31.4 Å². The van der Waals surface area contributed by atoms with Crippen LogP contribution < -0.4 is 5.32 Å². The van der Waals surface area contributed by atoms with Crippen molar-refractivity contribution in [1.29, 1.82) is 0 Å². The van der Waals surface area contributed by atoms with E-state index in [0.717, 1.165) is 24.8 Å². The third kappa shape index (κ3) is 4.97. The number of hydrogen-bond acceptors (Lipinski definition) is 3. The molecular weight excluding hydrogens is 218 g/mol. The molecule has 0 radical (unpaired) electrons. The van der Waals surface area contributed by atoms with E-state index in [1.54, 1.807) is 12.1 Å². The van der Waals surface area contributed by atoms with E-state index >= 15 is 0 Å². The molecule has 4 nitrogen and oxygen atoms in total. The minimum absolute atomic E-state index is 0.195. The summed E-state index contributed by atoms with van der Waals surface area (Å²) in [4.78, 5) is 11.1. The Balaban J connectivity index is 2.42. The van der Waals surface area contributed by atoms with Crippen molar-refractivity contribution in [3.05, 3.63) is 35.9 Å². The van der Waals surface area contributed by atoms with Crippen LogP contribution in [0.25, 0.3) is 0 Å². The van der Waals surface area contributed by atoms with Crippen LogP contribution in [-0.4, -0.2) is 29.3 Å². The van der Waals surface area contributed by atoms with Gasteiger partial charge in [0.1, 0.15) is 6.04 Å². The Hall–Kier alpha value is -1.39. The van der Waals surface area contributed by atoms with E-state index in [1.807, 2.05) is 18.2 Å². The number of benzene rings is 1. The Labute approximate surface area is 101 Å². The molecule has 0 aliphatic heterocycles. The first-order valence-electron chi connectivity index (χ1n) is 5.87.